The molecule has 2 aliphatic heterocycles. The third-order valence-corrected chi connectivity index (χ3v) is 5.35. The minimum Gasteiger partial charge on any atom is -0.486 e. The Morgan fingerprint density at radius 2 is 1.93 bits per heavy atom. The van der Waals surface area contributed by atoms with Crippen molar-refractivity contribution in [2.75, 3.05) is 57.9 Å². The summed E-state index contributed by atoms with van der Waals surface area (Å²) in [6.45, 7) is 6.41. The van der Waals surface area contributed by atoms with E-state index < -0.39 is 0 Å². The summed E-state index contributed by atoms with van der Waals surface area (Å²) < 4.78 is 11.6. The van der Waals surface area contributed by atoms with Gasteiger partial charge >= 0.3 is 0 Å². The highest BCUT2D eigenvalue weighted by Gasteiger charge is 2.24. The van der Waals surface area contributed by atoms with Gasteiger partial charge in [0.05, 0.1) is 5.69 Å². The predicted molar refractivity (Wildman–Crippen MR) is 107 cm³/mol. The van der Waals surface area contributed by atoms with E-state index in [4.69, 9.17) is 9.47 Å². The molecule has 3 heterocycles. The fraction of sp³-hybridized carbons (Fsp3) is 0.476. The third kappa shape index (κ3) is 4.34. The summed E-state index contributed by atoms with van der Waals surface area (Å²) in [4.78, 5) is 9.19. The number of pyridine rings is 1. The van der Waals surface area contributed by atoms with Crippen LogP contribution in [0.1, 0.15) is 5.56 Å². The van der Waals surface area contributed by atoms with E-state index in [1.807, 2.05) is 31.6 Å². The van der Waals surface area contributed by atoms with Gasteiger partial charge < -0.3 is 19.7 Å². The molecule has 6 nitrogen and oxygen atoms in total. The Morgan fingerprint density at radius 3 is 2.70 bits per heavy atom. The molecule has 0 radical (unpaired) electrons. The van der Waals surface area contributed by atoms with Crippen LogP contribution in [0.5, 0.6) is 11.5 Å². The molecule has 2 aliphatic rings. The molecule has 0 unspecified atom stereocenters. The normalized spacial score (nSPS) is 18.3. The Balaban J connectivity index is 1.34. The number of para-hydroxylation sites is 1. The van der Waals surface area contributed by atoms with Gasteiger partial charge in [0.25, 0.3) is 0 Å². The van der Waals surface area contributed by atoms with Crippen molar-refractivity contribution in [3.8, 4) is 11.5 Å². The number of hydrogen-bond donors (Lipinski definition) is 1. The Morgan fingerprint density at radius 1 is 1.07 bits per heavy atom. The summed E-state index contributed by atoms with van der Waals surface area (Å²) >= 11 is 0. The Labute approximate surface area is 161 Å². The lowest BCUT2D eigenvalue weighted by Gasteiger charge is -2.38. The molecule has 4 rings (SSSR count). The van der Waals surface area contributed by atoms with Gasteiger partial charge in [-0.15, -0.1) is 0 Å². The van der Waals surface area contributed by atoms with Gasteiger partial charge in [-0.25, -0.2) is 0 Å². The van der Waals surface area contributed by atoms with E-state index in [0.29, 0.717) is 19.3 Å². The molecule has 2 aromatic rings. The maximum absolute atomic E-state index is 5.89. The van der Waals surface area contributed by atoms with Crippen LogP contribution in [-0.2, 0) is 6.42 Å². The van der Waals surface area contributed by atoms with E-state index in [9.17, 15) is 0 Å². The van der Waals surface area contributed by atoms with E-state index >= 15 is 0 Å². The zero-order valence-corrected chi connectivity index (χ0v) is 15.9. The molecule has 0 aliphatic carbocycles. The number of fused-ring (bicyclic) bond motifs is 1. The summed E-state index contributed by atoms with van der Waals surface area (Å²) in [7, 11) is 2.05. The maximum Gasteiger partial charge on any atom is 0.184 e. The molecule has 1 N–H and O–H groups in total. The Kier molecular flexibility index (Phi) is 5.75. The first-order valence-electron chi connectivity index (χ1n) is 9.75. The highest BCUT2D eigenvalue weighted by atomic mass is 16.6. The van der Waals surface area contributed by atoms with Crippen LogP contribution in [-0.4, -0.2) is 68.9 Å². The quantitative estimate of drug-likeness (QED) is 0.839. The standard InChI is InChI=1S/C21H28N4O2/c1-22-18(14-17-4-3-7-23-15-17)16-24-8-10-25(11-9-24)19-5-2-6-20-21(19)27-13-12-26-20/h2-7,15,18,22H,8-14,16H2,1H3/t18-/m1/s1. The van der Waals surface area contributed by atoms with Gasteiger partial charge in [0.1, 0.15) is 13.2 Å². The van der Waals surface area contributed by atoms with Crippen molar-refractivity contribution in [1.82, 2.24) is 15.2 Å². The van der Waals surface area contributed by atoms with Crippen LogP contribution in [0.25, 0.3) is 0 Å². The van der Waals surface area contributed by atoms with Crippen LogP contribution in [0.15, 0.2) is 42.7 Å². The summed E-state index contributed by atoms with van der Waals surface area (Å²) in [5.74, 6) is 1.77. The minimum atomic E-state index is 0.432. The highest BCUT2D eigenvalue weighted by molar-refractivity contribution is 5.65. The summed E-state index contributed by atoms with van der Waals surface area (Å²) in [5.41, 5.74) is 2.44. The molecule has 0 spiro atoms. The molecule has 0 bridgehead atoms. The molecule has 144 valence electrons. The van der Waals surface area contributed by atoms with Crippen LogP contribution >= 0.6 is 0 Å². The number of anilines is 1. The van der Waals surface area contributed by atoms with Gasteiger partial charge in [-0.3, -0.25) is 9.88 Å². The number of rotatable bonds is 6. The number of nitrogens with zero attached hydrogens (tertiary/aromatic N) is 3. The number of ether oxygens (including phenoxy) is 2. The molecule has 1 aromatic heterocycles. The zero-order chi connectivity index (χ0) is 18.5. The smallest absolute Gasteiger partial charge is 0.184 e. The SMILES string of the molecule is CN[C@H](Cc1cccnc1)CN1CCN(c2cccc3c2OCCO3)CC1. The van der Waals surface area contributed by atoms with Crippen LogP contribution in [0.2, 0.25) is 0 Å². The lowest BCUT2D eigenvalue weighted by atomic mass is 10.1. The second-order valence-electron chi connectivity index (χ2n) is 7.14. The van der Waals surface area contributed by atoms with Crippen LogP contribution < -0.4 is 19.7 Å². The monoisotopic (exact) mass is 368 g/mol. The number of likely N-dealkylation sites (N-methyl/N-ethyl adjacent to an activating group) is 1. The van der Waals surface area contributed by atoms with Gasteiger partial charge in [-0.2, -0.15) is 0 Å². The molecule has 1 fully saturated rings. The second kappa shape index (κ2) is 8.59. The largest absolute Gasteiger partial charge is 0.486 e. The van der Waals surface area contributed by atoms with E-state index in [2.05, 4.69) is 38.3 Å². The number of piperazine rings is 1. The fourth-order valence-electron chi connectivity index (χ4n) is 3.85. The van der Waals surface area contributed by atoms with E-state index in [-0.39, 0.29) is 0 Å². The topological polar surface area (TPSA) is 49.9 Å². The number of aromatic nitrogens is 1. The van der Waals surface area contributed by atoms with Crippen molar-refractivity contribution < 1.29 is 9.47 Å². The highest BCUT2D eigenvalue weighted by Crippen LogP contribution is 2.39. The first kappa shape index (κ1) is 18.1. The minimum absolute atomic E-state index is 0.432. The second-order valence-corrected chi connectivity index (χ2v) is 7.14. The Hall–Kier alpha value is -2.31. The van der Waals surface area contributed by atoms with Crippen LogP contribution in [0, 0.1) is 0 Å². The summed E-state index contributed by atoms with van der Waals surface area (Å²) in [6, 6.07) is 10.8. The van der Waals surface area contributed by atoms with Crippen molar-refractivity contribution >= 4 is 5.69 Å². The lowest BCUT2D eigenvalue weighted by Crippen LogP contribution is -2.51. The van der Waals surface area contributed by atoms with Gasteiger partial charge in [-0.05, 0) is 37.2 Å². The summed E-state index contributed by atoms with van der Waals surface area (Å²) in [5, 5.41) is 3.46. The van der Waals surface area contributed by atoms with E-state index in [1.165, 1.54) is 5.56 Å². The van der Waals surface area contributed by atoms with E-state index in [1.54, 1.807) is 0 Å². The van der Waals surface area contributed by atoms with Gasteiger partial charge in [0, 0.05) is 51.2 Å². The molecule has 1 aromatic carbocycles. The molecule has 0 saturated carbocycles. The maximum atomic E-state index is 5.89. The summed E-state index contributed by atoms with van der Waals surface area (Å²) in [6.07, 6.45) is 4.79. The zero-order valence-electron chi connectivity index (χ0n) is 15.9. The van der Waals surface area contributed by atoms with Crippen molar-refractivity contribution in [1.29, 1.82) is 0 Å². The van der Waals surface area contributed by atoms with Crippen molar-refractivity contribution in [3.05, 3.63) is 48.3 Å². The molecule has 6 heteroatoms. The van der Waals surface area contributed by atoms with Crippen molar-refractivity contribution in [3.63, 3.8) is 0 Å². The third-order valence-electron chi connectivity index (χ3n) is 5.35. The van der Waals surface area contributed by atoms with Crippen LogP contribution in [0.4, 0.5) is 5.69 Å². The molecule has 27 heavy (non-hydrogen) atoms. The van der Waals surface area contributed by atoms with Crippen molar-refractivity contribution in [2.24, 2.45) is 0 Å². The van der Waals surface area contributed by atoms with Gasteiger partial charge in [-0.1, -0.05) is 12.1 Å². The Bertz CT molecular complexity index is 732. The van der Waals surface area contributed by atoms with Gasteiger partial charge in [0.15, 0.2) is 11.5 Å². The fourth-order valence-corrected chi connectivity index (χ4v) is 3.85. The molecule has 0 amide bonds. The number of nitrogens with one attached hydrogen (secondary N) is 1. The average molecular weight is 368 g/mol. The molecular weight excluding hydrogens is 340 g/mol. The predicted octanol–water partition coefficient (Wildman–Crippen LogP) is 1.81. The first-order chi connectivity index (χ1) is 13.3. The lowest BCUT2D eigenvalue weighted by molar-refractivity contribution is 0.171. The molecular formula is C21H28N4O2. The number of benzene rings is 1. The average Bonchev–Trinajstić information content (AvgIpc) is 2.74. The first-order valence-corrected chi connectivity index (χ1v) is 9.75. The molecule has 1 atom stereocenters. The van der Waals surface area contributed by atoms with Gasteiger partial charge in [0.2, 0.25) is 0 Å². The van der Waals surface area contributed by atoms with E-state index in [0.717, 1.165) is 56.3 Å². The van der Waals surface area contributed by atoms with Crippen molar-refractivity contribution in [2.45, 2.75) is 12.5 Å². The van der Waals surface area contributed by atoms with Crippen LogP contribution in [0.3, 0.4) is 0 Å². The number of hydrogen-bond acceptors (Lipinski definition) is 6. The molecule has 1 saturated heterocycles.